The van der Waals surface area contributed by atoms with Crippen LogP contribution in [0, 0.1) is 0 Å². The number of benzene rings is 2. The lowest BCUT2D eigenvalue weighted by Gasteiger charge is -2.30. The molecule has 3 aromatic rings. The highest BCUT2D eigenvalue weighted by Crippen LogP contribution is 2.38. The van der Waals surface area contributed by atoms with Crippen LogP contribution in [0.15, 0.2) is 48.5 Å². The largest absolute Gasteiger partial charge is 0.455 e. The van der Waals surface area contributed by atoms with Gasteiger partial charge in [-0.05, 0) is 61.7 Å². The number of nitrogen functional groups attached to an aromatic ring is 1. The van der Waals surface area contributed by atoms with Crippen LogP contribution in [-0.4, -0.2) is 29.0 Å². The van der Waals surface area contributed by atoms with E-state index < -0.39 is 17.6 Å². The fourth-order valence-electron chi connectivity index (χ4n) is 3.68. The van der Waals surface area contributed by atoms with Crippen LogP contribution in [0.2, 0.25) is 0 Å². The van der Waals surface area contributed by atoms with Gasteiger partial charge in [0.1, 0.15) is 17.3 Å². The van der Waals surface area contributed by atoms with Crippen molar-refractivity contribution >= 4 is 17.4 Å². The van der Waals surface area contributed by atoms with Crippen LogP contribution in [0.3, 0.4) is 0 Å². The molecule has 1 fully saturated rings. The van der Waals surface area contributed by atoms with E-state index in [0.717, 1.165) is 50.2 Å². The number of rotatable bonds is 5. The van der Waals surface area contributed by atoms with Gasteiger partial charge in [0.25, 0.3) is 5.91 Å². The molecule has 1 aliphatic rings. The second-order valence-electron chi connectivity index (χ2n) is 7.72. The highest BCUT2D eigenvalue weighted by Gasteiger charge is 2.30. The number of hydrogen-bond acceptors (Lipinski definition) is 6. The van der Waals surface area contributed by atoms with Crippen LogP contribution in [-0.2, 0) is 6.18 Å². The number of ether oxygens (including phenoxy) is 1. The molecule has 0 aliphatic carbocycles. The second-order valence-corrected chi connectivity index (χ2v) is 7.72. The van der Waals surface area contributed by atoms with E-state index in [-0.39, 0.29) is 23.1 Å². The number of halogens is 3. The Bertz CT molecular complexity index is 1160. The molecule has 1 aliphatic heterocycles. The molecule has 1 amide bonds. The molecular formula is C23H22F3N5O2. The molecule has 2 heterocycles. The van der Waals surface area contributed by atoms with Crippen molar-refractivity contribution in [2.75, 3.05) is 23.7 Å². The normalized spacial score (nSPS) is 14.2. The minimum Gasteiger partial charge on any atom is -0.455 e. The summed E-state index contributed by atoms with van der Waals surface area (Å²) in [4.78, 5) is 22.1. The Balaban J connectivity index is 1.71. The van der Waals surface area contributed by atoms with Gasteiger partial charge in [0.15, 0.2) is 11.6 Å². The Morgan fingerprint density at radius 2 is 1.67 bits per heavy atom. The first-order chi connectivity index (χ1) is 15.7. The first kappa shape index (κ1) is 22.4. The van der Waals surface area contributed by atoms with Gasteiger partial charge in [-0.15, -0.1) is 0 Å². The van der Waals surface area contributed by atoms with Crippen LogP contribution in [0.25, 0.3) is 11.4 Å². The number of primary amides is 1. The predicted octanol–water partition coefficient (Wildman–Crippen LogP) is 4.63. The fourth-order valence-corrected chi connectivity index (χ4v) is 3.68. The highest BCUT2D eigenvalue weighted by molar-refractivity contribution is 5.92. The minimum atomic E-state index is -4.42. The van der Waals surface area contributed by atoms with Crippen molar-refractivity contribution in [1.29, 1.82) is 0 Å². The number of carbonyl (C=O) groups is 1. The van der Waals surface area contributed by atoms with E-state index in [1.165, 1.54) is 18.2 Å². The van der Waals surface area contributed by atoms with Crippen molar-refractivity contribution in [2.24, 2.45) is 5.73 Å². The lowest BCUT2D eigenvalue weighted by atomic mass is 10.1. The van der Waals surface area contributed by atoms with Crippen LogP contribution < -0.4 is 21.1 Å². The first-order valence-electron chi connectivity index (χ1n) is 10.4. The molecule has 2 aromatic carbocycles. The summed E-state index contributed by atoms with van der Waals surface area (Å²) in [6.07, 6.45) is -1.29. The maximum atomic E-state index is 12.9. The van der Waals surface area contributed by atoms with Gasteiger partial charge in [0.2, 0.25) is 0 Å². The summed E-state index contributed by atoms with van der Waals surface area (Å²) in [5.41, 5.74) is 11.8. The van der Waals surface area contributed by atoms with Gasteiger partial charge >= 0.3 is 6.18 Å². The smallest absolute Gasteiger partial charge is 0.416 e. The Kier molecular flexibility index (Phi) is 6.08. The van der Waals surface area contributed by atoms with Gasteiger partial charge in [-0.3, -0.25) is 4.79 Å². The van der Waals surface area contributed by atoms with E-state index in [4.69, 9.17) is 16.2 Å². The fraction of sp³-hybridized carbons (Fsp3) is 0.261. The van der Waals surface area contributed by atoms with Crippen LogP contribution >= 0.6 is 0 Å². The summed E-state index contributed by atoms with van der Waals surface area (Å²) in [5.74, 6) is 0.398. The standard InChI is InChI=1S/C23H22F3N5O2/c24-23(25,26)15-5-7-16(8-6-15)33-19-9-4-14(12-18(19)31-10-2-1-3-11-31)22-29-17(21(28)32)13-20(27)30-22/h4-9,12-13H,1-3,10-11H2,(H2,28,32)(H2,27,29,30). The maximum Gasteiger partial charge on any atom is 0.416 e. The molecule has 4 N–H and O–H groups in total. The van der Waals surface area contributed by atoms with Crippen LogP contribution in [0.1, 0.15) is 35.3 Å². The molecule has 0 saturated carbocycles. The number of piperidine rings is 1. The average molecular weight is 457 g/mol. The predicted molar refractivity (Wildman–Crippen MR) is 118 cm³/mol. The molecule has 0 bridgehead atoms. The van der Waals surface area contributed by atoms with Crippen molar-refractivity contribution in [3.05, 3.63) is 59.8 Å². The van der Waals surface area contributed by atoms with Gasteiger partial charge in [-0.25, -0.2) is 9.97 Å². The molecule has 10 heteroatoms. The molecule has 0 atom stereocenters. The van der Waals surface area contributed by atoms with Crippen molar-refractivity contribution in [3.8, 4) is 22.9 Å². The molecule has 0 unspecified atom stereocenters. The number of anilines is 2. The van der Waals surface area contributed by atoms with Crippen molar-refractivity contribution in [1.82, 2.24) is 9.97 Å². The van der Waals surface area contributed by atoms with E-state index in [1.54, 1.807) is 12.1 Å². The van der Waals surface area contributed by atoms with Crippen molar-refractivity contribution in [3.63, 3.8) is 0 Å². The number of hydrogen-bond donors (Lipinski definition) is 2. The average Bonchev–Trinajstić information content (AvgIpc) is 2.79. The molecule has 1 aromatic heterocycles. The van der Waals surface area contributed by atoms with Gasteiger partial charge < -0.3 is 21.1 Å². The van der Waals surface area contributed by atoms with Crippen molar-refractivity contribution < 1.29 is 22.7 Å². The van der Waals surface area contributed by atoms with Crippen LogP contribution in [0.5, 0.6) is 11.5 Å². The number of alkyl halides is 3. The molecule has 172 valence electrons. The quantitative estimate of drug-likeness (QED) is 0.579. The Morgan fingerprint density at radius 3 is 2.30 bits per heavy atom. The molecule has 4 rings (SSSR count). The Morgan fingerprint density at radius 1 is 0.970 bits per heavy atom. The number of amides is 1. The third kappa shape index (κ3) is 5.16. The summed E-state index contributed by atoms with van der Waals surface area (Å²) in [6.45, 7) is 1.61. The molecule has 33 heavy (non-hydrogen) atoms. The monoisotopic (exact) mass is 457 g/mol. The van der Waals surface area contributed by atoms with Gasteiger partial charge in [0, 0.05) is 24.7 Å². The number of aromatic nitrogens is 2. The van der Waals surface area contributed by atoms with E-state index >= 15 is 0 Å². The zero-order chi connectivity index (χ0) is 23.6. The number of nitrogens with zero attached hydrogens (tertiary/aromatic N) is 3. The minimum absolute atomic E-state index is 0.00195. The molecule has 0 spiro atoms. The van der Waals surface area contributed by atoms with E-state index in [1.807, 2.05) is 6.07 Å². The van der Waals surface area contributed by atoms with Crippen molar-refractivity contribution in [2.45, 2.75) is 25.4 Å². The zero-order valence-corrected chi connectivity index (χ0v) is 17.6. The van der Waals surface area contributed by atoms with Gasteiger partial charge in [-0.2, -0.15) is 13.2 Å². The SMILES string of the molecule is NC(=O)c1cc(N)nc(-c2ccc(Oc3ccc(C(F)(F)F)cc3)c(N3CCCCC3)c2)n1. The third-order valence-electron chi connectivity index (χ3n) is 5.32. The third-order valence-corrected chi connectivity index (χ3v) is 5.32. The Labute approximate surface area is 188 Å². The van der Waals surface area contributed by atoms with Crippen LogP contribution in [0.4, 0.5) is 24.7 Å². The van der Waals surface area contributed by atoms with Gasteiger partial charge in [0.05, 0.1) is 11.3 Å². The number of carbonyl (C=O) groups excluding carboxylic acids is 1. The second kappa shape index (κ2) is 8.97. The van der Waals surface area contributed by atoms with E-state index in [9.17, 15) is 18.0 Å². The highest BCUT2D eigenvalue weighted by atomic mass is 19.4. The molecular weight excluding hydrogens is 435 g/mol. The first-order valence-corrected chi connectivity index (χ1v) is 10.4. The summed E-state index contributed by atoms with van der Waals surface area (Å²) in [6, 6.07) is 11.1. The van der Waals surface area contributed by atoms with E-state index in [0.29, 0.717) is 11.3 Å². The summed E-state index contributed by atoms with van der Waals surface area (Å²) >= 11 is 0. The summed E-state index contributed by atoms with van der Waals surface area (Å²) < 4.78 is 44.6. The zero-order valence-electron chi connectivity index (χ0n) is 17.6. The Hall–Kier alpha value is -3.82. The molecule has 7 nitrogen and oxygen atoms in total. The molecule has 1 saturated heterocycles. The summed E-state index contributed by atoms with van der Waals surface area (Å²) in [7, 11) is 0. The summed E-state index contributed by atoms with van der Waals surface area (Å²) in [5, 5.41) is 0. The lowest BCUT2D eigenvalue weighted by molar-refractivity contribution is -0.137. The number of nitrogens with two attached hydrogens (primary N) is 2. The van der Waals surface area contributed by atoms with E-state index in [2.05, 4.69) is 14.9 Å². The topological polar surface area (TPSA) is 107 Å². The maximum absolute atomic E-state index is 12.9. The van der Waals surface area contributed by atoms with Gasteiger partial charge in [-0.1, -0.05) is 0 Å². The molecule has 0 radical (unpaired) electrons. The lowest BCUT2D eigenvalue weighted by Crippen LogP contribution is -2.29.